The van der Waals surface area contributed by atoms with Crippen molar-refractivity contribution in [1.29, 1.82) is 0 Å². The molecule has 184 valence electrons. The molecule has 1 saturated heterocycles. The van der Waals surface area contributed by atoms with Crippen molar-refractivity contribution in [2.75, 3.05) is 43.5 Å². The Labute approximate surface area is 197 Å². The number of sulfonamides is 1. The van der Waals surface area contributed by atoms with Crippen LogP contribution >= 0.6 is 0 Å². The number of hydrogen-bond donors (Lipinski definition) is 2. The number of aromatic carboxylic acids is 1. The summed E-state index contributed by atoms with van der Waals surface area (Å²) in [5.74, 6) is -0.930. The first-order valence-corrected chi connectivity index (χ1v) is 12.1. The number of benzene rings is 1. The Balaban J connectivity index is 1.81. The van der Waals surface area contributed by atoms with Gasteiger partial charge < -0.3 is 24.2 Å². The number of pyridine rings is 1. The SMILES string of the molecule is CCOC(=O)C1CCN(c2ncc(NS(=O)(=O)c3ccc(OC)c(OC)c3)cc2C(=O)O)CC1. The van der Waals surface area contributed by atoms with E-state index in [2.05, 4.69) is 9.71 Å². The number of ether oxygens (including phenoxy) is 3. The standard InChI is InChI=1S/C22H27N3O8S/c1-4-33-22(28)14-7-9-25(10-8-14)20-17(21(26)27)11-15(13-23-20)24-34(29,30)16-5-6-18(31-2)19(12-16)32-3/h5-6,11-14,24H,4,7-10H2,1-3H3,(H,26,27). The van der Waals surface area contributed by atoms with Gasteiger partial charge in [-0.25, -0.2) is 18.2 Å². The van der Waals surface area contributed by atoms with Crippen LogP contribution in [-0.2, 0) is 19.6 Å². The van der Waals surface area contributed by atoms with E-state index in [1.54, 1.807) is 11.8 Å². The average Bonchev–Trinajstić information content (AvgIpc) is 2.83. The molecule has 1 aromatic heterocycles. The summed E-state index contributed by atoms with van der Waals surface area (Å²) >= 11 is 0. The highest BCUT2D eigenvalue weighted by atomic mass is 32.2. The predicted molar refractivity (Wildman–Crippen MR) is 123 cm³/mol. The minimum Gasteiger partial charge on any atom is -0.493 e. The molecule has 12 heteroatoms. The van der Waals surface area contributed by atoms with Gasteiger partial charge in [0.25, 0.3) is 10.0 Å². The Morgan fingerprint density at radius 1 is 1.15 bits per heavy atom. The summed E-state index contributed by atoms with van der Waals surface area (Å²) in [7, 11) is -1.23. The molecular formula is C22H27N3O8S. The van der Waals surface area contributed by atoms with Gasteiger partial charge in [0.1, 0.15) is 11.4 Å². The Morgan fingerprint density at radius 3 is 2.41 bits per heavy atom. The van der Waals surface area contributed by atoms with Gasteiger partial charge in [0.15, 0.2) is 11.5 Å². The van der Waals surface area contributed by atoms with E-state index in [9.17, 15) is 23.1 Å². The minimum atomic E-state index is -4.06. The highest BCUT2D eigenvalue weighted by molar-refractivity contribution is 7.92. The number of piperidine rings is 1. The molecule has 0 atom stereocenters. The maximum absolute atomic E-state index is 12.9. The number of carbonyl (C=O) groups excluding carboxylic acids is 1. The van der Waals surface area contributed by atoms with Gasteiger partial charge in [-0.05, 0) is 38.0 Å². The van der Waals surface area contributed by atoms with E-state index in [0.717, 1.165) is 0 Å². The van der Waals surface area contributed by atoms with Crippen LogP contribution in [0.1, 0.15) is 30.1 Å². The van der Waals surface area contributed by atoms with Gasteiger partial charge in [-0.15, -0.1) is 0 Å². The first-order chi connectivity index (χ1) is 16.2. The molecule has 1 fully saturated rings. The van der Waals surface area contributed by atoms with Crippen LogP contribution in [0.15, 0.2) is 35.4 Å². The van der Waals surface area contributed by atoms with Crippen LogP contribution < -0.4 is 19.1 Å². The number of carbonyl (C=O) groups is 2. The van der Waals surface area contributed by atoms with Crippen molar-refractivity contribution in [2.45, 2.75) is 24.7 Å². The largest absolute Gasteiger partial charge is 0.493 e. The minimum absolute atomic E-state index is 0.00246. The van der Waals surface area contributed by atoms with Crippen molar-refractivity contribution in [3.05, 3.63) is 36.0 Å². The molecule has 3 rings (SSSR count). The van der Waals surface area contributed by atoms with Gasteiger partial charge >= 0.3 is 11.9 Å². The Kier molecular flexibility index (Phi) is 7.82. The van der Waals surface area contributed by atoms with Gasteiger partial charge in [0.05, 0.1) is 43.5 Å². The fourth-order valence-electron chi connectivity index (χ4n) is 3.71. The van der Waals surface area contributed by atoms with Crippen LogP contribution in [0.3, 0.4) is 0 Å². The number of aromatic nitrogens is 1. The van der Waals surface area contributed by atoms with Gasteiger partial charge in [-0.3, -0.25) is 9.52 Å². The smallest absolute Gasteiger partial charge is 0.339 e. The van der Waals surface area contributed by atoms with E-state index < -0.39 is 16.0 Å². The monoisotopic (exact) mass is 493 g/mol. The van der Waals surface area contributed by atoms with Gasteiger partial charge in [0, 0.05) is 19.2 Å². The summed E-state index contributed by atoms with van der Waals surface area (Å²) in [5.41, 5.74) is -0.153. The lowest BCUT2D eigenvalue weighted by Crippen LogP contribution is -2.38. The number of hydrogen-bond acceptors (Lipinski definition) is 9. The summed E-state index contributed by atoms with van der Waals surface area (Å²) in [6.07, 6.45) is 2.28. The number of methoxy groups -OCH3 is 2. The summed E-state index contributed by atoms with van der Waals surface area (Å²) in [5, 5.41) is 9.72. The third kappa shape index (κ3) is 5.50. The first kappa shape index (κ1) is 25.1. The van der Waals surface area contributed by atoms with Crippen LogP contribution in [-0.4, -0.2) is 64.4 Å². The number of esters is 1. The van der Waals surface area contributed by atoms with Crippen molar-refractivity contribution < 1.29 is 37.3 Å². The van der Waals surface area contributed by atoms with Crippen molar-refractivity contribution in [3.8, 4) is 11.5 Å². The maximum Gasteiger partial charge on any atom is 0.339 e. The maximum atomic E-state index is 12.9. The van der Waals surface area contributed by atoms with Crippen LogP contribution in [0.2, 0.25) is 0 Å². The molecule has 0 amide bonds. The highest BCUT2D eigenvalue weighted by Gasteiger charge is 2.29. The molecule has 2 aromatic rings. The predicted octanol–water partition coefficient (Wildman–Crippen LogP) is 2.38. The number of rotatable bonds is 9. The van der Waals surface area contributed by atoms with Crippen molar-refractivity contribution >= 4 is 33.5 Å². The summed E-state index contributed by atoms with van der Waals surface area (Å²) in [6.45, 7) is 2.91. The van der Waals surface area contributed by atoms with E-state index in [0.29, 0.717) is 38.3 Å². The molecule has 2 heterocycles. The van der Waals surface area contributed by atoms with Crippen LogP contribution in [0.4, 0.5) is 11.5 Å². The van der Waals surface area contributed by atoms with Crippen LogP contribution in [0.5, 0.6) is 11.5 Å². The van der Waals surface area contributed by atoms with Crippen molar-refractivity contribution in [3.63, 3.8) is 0 Å². The topological polar surface area (TPSA) is 144 Å². The molecule has 11 nitrogen and oxygen atoms in total. The van der Waals surface area contributed by atoms with E-state index >= 15 is 0 Å². The number of carboxylic acid groups (broad SMARTS) is 1. The van der Waals surface area contributed by atoms with Crippen LogP contribution in [0.25, 0.3) is 0 Å². The lowest BCUT2D eigenvalue weighted by molar-refractivity contribution is -0.148. The number of nitrogens with one attached hydrogen (secondary N) is 1. The molecule has 34 heavy (non-hydrogen) atoms. The third-order valence-corrected chi connectivity index (χ3v) is 6.81. The Hall–Kier alpha value is -3.54. The second-order valence-electron chi connectivity index (χ2n) is 7.54. The number of nitrogens with zero attached hydrogens (tertiary/aromatic N) is 2. The molecule has 0 bridgehead atoms. The molecule has 1 aliphatic rings. The molecular weight excluding hydrogens is 466 g/mol. The Morgan fingerprint density at radius 2 is 1.82 bits per heavy atom. The van der Waals surface area contributed by atoms with E-state index in [-0.39, 0.29) is 39.6 Å². The number of anilines is 2. The third-order valence-electron chi connectivity index (χ3n) is 5.43. The Bertz CT molecular complexity index is 1160. The molecule has 0 unspecified atom stereocenters. The van der Waals surface area contributed by atoms with Crippen molar-refractivity contribution in [2.24, 2.45) is 5.92 Å². The van der Waals surface area contributed by atoms with E-state index in [1.807, 2.05) is 0 Å². The molecule has 1 aromatic carbocycles. The van der Waals surface area contributed by atoms with Crippen LogP contribution in [0, 0.1) is 5.92 Å². The number of carboxylic acids is 1. The second kappa shape index (κ2) is 10.6. The summed E-state index contributed by atoms with van der Waals surface area (Å²) < 4.78 is 43.4. The van der Waals surface area contributed by atoms with Gasteiger partial charge in [0.2, 0.25) is 0 Å². The fraction of sp³-hybridized carbons (Fsp3) is 0.409. The average molecular weight is 494 g/mol. The zero-order valence-corrected chi connectivity index (χ0v) is 19.9. The molecule has 0 saturated carbocycles. The zero-order valence-electron chi connectivity index (χ0n) is 19.1. The first-order valence-electron chi connectivity index (χ1n) is 10.6. The van der Waals surface area contributed by atoms with Gasteiger partial charge in [-0.1, -0.05) is 0 Å². The van der Waals surface area contributed by atoms with E-state index in [1.165, 1.54) is 44.7 Å². The fourth-order valence-corrected chi connectivity index (χ4v) is 4.76. The normalized spacial score (nSPS) is 14.4. The molecule has 0 radical (unpaired) electrons. The molecule has 0 aliphatic carbocycles. The summed E-state index contributed by atoms with van der Waals surface area (Å²) in [6, 6.07) is 5.32. The van der Waals surface area contributed by atoms with Crippen molar-refractivity contribution in [1.82, 2.24) is 4.98 Å². The summed E-state index contributed by atoms with van der Waals surface area (Å²) in [4.78, 5) is 29.8. The molecule has 0 spiro atoms. The molecule has 2 N–H and O–H groups in total. The lowest BCUT2D eigenvalue weighted by atomic mass is 9.96. The quantitative estimate of drug-likeness (QED) is 0.500. The lowest BCUT2D eigenvalue weighted by Gasteiger charge is -2.32. The second-order valence-corrected chi connectivity index (χ2v) is 9.22. The van der Waals surface area contributed by atoms with E-state index in [4.69, 9.17) is 14.2 Å². The molecule has 1 aliphatic heterocycles. The zero-order chi connectivity index (χ0) is 24.9. The van der Waals surface area contributed by atoms with Gasteiger partial charge in [-0.2, -0.15) is 0 Å². The highest BCUT2D eigenvalue weighted by Crippen LogP contribution is 2.31.